The van der Waals surface area contributed by atoms with Crippen LogP contribution >= 0.6 is 23.4 Å². The molecule has 0 spiro atoms. The van der Waals surface area contributed by atoms with Crippen LogP contribution in [0.5, 0.6) is 5.75 Å². The van der Waals surface area contributed by atoms with Crippen LogP contribution in [0.15, 0.2) is 46.5 Å². The molecule has 1 aromatic heterocycles. The highest BCUT2D eigenvalue weighted by Crippen LogP contribution is 2.32. The number of fused-ring (bicyclic) bond motifs is 1. The first-order valence-electron chi connectivity index (χ1n) is 6.39. The fourth-order valence-electron chi connectivity index (χ4n) is 2.05. The van der Waals surface area contributed by atoms with Gasteiger partial charge in [-0.2, -0.15) is 0 Å². The van der Waals surface area contributed by atoms with E-state index >= 15 is 0 Å². The number of H-pyrrole nitrogens is 1. The van der Waals surface area contributed by atoms with Crippen molar-refractivity contribution in [2.75, 3.05) is 7.11 Å². The molecule has 0 aliphatic carbocycles. The van der Waals surface area contributed by atoms with Gasteiger partial charge in [0.15, 0.2) is 5.16 Å². The molecule has 0 bridgehead atoms. The van der Waals surface area contributed by atoms with Gasteiger partial charge in [0, 0.05) is 22.5 Å². The Bertz CT molecular complexity index is 788. The first kappa shape index (κ1) is 14.3. The van der Waals surface area contributed by atoms with Gasteiger partial charge in [-0.3, -0.25) is 0 Å². The van der Waals surface area contributed by atoms with Gasteiger partial charge < -0.3 is 15.5 Å². The molecule has 0 aliphatic heterocycles. The van der Waals surface area contributed by atoms with Crippen molar-refractivity contribution in [3.05, 3.63) is 47.0 Å². The summed E-state index contributed by atoms with van der Waals surface area (Å²) in [5.41, 5.74) is 8.62. The molecule has 0 atom stereocenters. The van der Waals surface area contributed by atoms with Gasteiger partial charge in [0.05, 0.1) is 18.1 Å². The number of hydrogen-bond donors (Lipinski definition) is 2. The van der Waals surface area contributed by atoms with E-state index in [-0.39, 0.29) is 0 Å². The van der Waals surface area contributed by atoms with E-state index in [0.29, 0.717) is 11.6 Å². The van der Waals surface area contributed by atoms with Gasteiger partial charge in [-0.05, 0) is 35.9 Å². The van der Waals surface area contributed by atoms with E-state index in [1.165, 1.54) is 0 Å². The van der Waals surface area contributed by atoms with Crippen molar-refractivity contribution in [2.45, 2.75) is 16.6 Å². The molecule has 0 aliphatic rings. The van der Waals surface area contributed by atoms with Gasteiger partial charge in [-0.1, -0.05) is 23.4 Å². The van der Waals surface area contributed by atoms with E-state index in [2.05, 4.69) is 9.97 Å². The highest BCUT2D eigenvalue weighted by Gasteiger charge is 2.09. The average Bonchev–Trinajstić information content (AvgIpc) is 2.90. The molecular weight excluding hydrogens is 306 g/mol. The Kier molecular flexibility index (Phi) is 4.05. The highest BCUT2D eigenvalue weighted by molar-refractivity contribution is 7.99. The van der Waals surface area contributed by atoms with Crippen molar-refractivity contribution in [1.82, 2.24) is 9.97 Å². The summed E-state index contributed by atoms with van der Waals surface area (Å²) < 4.78 is 5.21. The molecule has 0 fully saturated rings. The predicted octanol–water partition coefficient (Wildman–Crippen LogP) is 3.83. The van der Waals surface area contributed by atoms with Crippen LogP contribution in [0.25, 0.3) is 11.0 Å². The average molecular weight is 320 g/mol. The number of aromatic amines is 1. The van der Waals surface area contributed by atoms with Gasteiger partial charge >= 0.3 is 0 Å². The van der Waals surface area contributed by atoms with Gasteiger partial charge in [-0.25, -0.2) is 4.98 Å². The molecule has 0 saturated carbocycles. The first-order valence-corrected chi connectivity index (χ1v) is 7.59. The van der Waals surface area contributed by atoms with Crippen LogP contribution in [0, 0.1) is 0 Å². The van der Waals surface area contributed by atoms with Gasteiger partial charge in [-0.15, -0.1) is 0 Å². The maximum absolute atomic E-state index is 5.99. The van der Waals surface area contributed by atoms with Crippen LogP contribution in [-0.2, 0) is 6.54 Å². The lowest BCUT2D eigenvalue weighted by Gasteiger charge is -2.05. The lowest BCUT2D eigenvalue weighted by Crippen LogP contribution is -1.98. The number of hydrogen-bond acceptors (Lipinski definition) is 4. The number of nitrogens with one attached hydrogen (secondary N) is 1. The Morgan fingerprint density at radius 2 is 2.14 bits per heavy atom. The van der Waals surface area contributed by atoms with Crippen molar-refractivity contribution in [2.24, 2.45) is 5.73 Å². The highest BCUT2D eigenvalue weighted by atomic mass is 35.5. The second-order valence-electron chi connectivity index (χ2n) is 4.48. The van der Waals surface area contributed by atoms with Crippen LogP contribution in [0.1, 0.15) is 5.56 Å². The minimum Gasteiger partial charge on any atom is -0.497 e. The summed E-state index contributed by atoms with van der Waals surface area (Å²) in [7, 11) is 1.65. The van der Waals surface area contributed by atoms with E-state index in [9.17, 15) is 0 Å². The molecule has 3 rings (SSSR count). The first-order chi connectivity index (χ1) is 10.2. The number of nitrogens with two attached hydrogens (primary N) is 1. The SMILES string of the molecule is COc1ccc2nc(Sc3ccc(Cl)cc3CN)[nH]c2c1. The monoisotopic (exact) mass is 319 g/mol. The molecular formula is C15H14ClN3OS. The summed E-state index contributed by atoms with van der Waals surface area (Å²) >= 11 is 7.53. The number of imidazole rings is 1. The van der Waals surface area contributed by atoms with Gasteiger partial charge in [0.25, 0.3) is 0 Å². The van der Waals surface area contributed by atoms with Crippen molar-refractivity contribution < 1.29 is 4.74 Å². The fourth-order valence-corrected chi connectivity index (χ4v) is 3.17. The molecule has 0 saturated heterocycles. The van der Waals surface area contributed by atoms with Crippen LogP contribution in [0.2, 0.25) is 5.02 Å². The number of halogens is 1. The summed E-state index contributed by atoms with van der Waals surface area (Å²) in [4.78, 5) is 8.89. The number of rotatable bonds is 4. The lowest BCUT2D eigenvalue weighted by atomic mass is 10.2. The van der Waals surface area contributed by atoms with Gasteiger partial charge in [0.2, 0.25) is 0 Å². The maximum atomic E-state index is 5.99. The van der Waals surface area contributed by atoms with Crippen molar-refractivity contribution in [1.29, 1.82) is 0 Å². The fraction of sp³-hybridized carbons (Fsp3) is 0.133. The molecule has 3 N–H and O–H groups in total. The van der Waals surface area contributed by atoms with E-state index in [1.807, 2.05) is 36.4 Å². The van der Waals surface area contributed by atoms with Crippen LogP contribution in [-0.4, -0.2) is 17.1 Å². The third-order valence-electron chi connectivity index (χ3n) is 3.12. The number of nitrogens with zero attached hydrogens (tertiary/aromatic N) is 1. The summed E-state index contributed by atoms with van der Waals surface area (Å²) in [6, 6.07) is 11.5. The van der Waals surface area contributed by atoms with Crippen LogP contribution in [0.3, 0.4) is 0 Å². The lowest BCUT2D eigenvalue weighted by molar-refractivity contribution is 0.415. The number of benzene rings is 2. The molecule has 2 aromatic carbocycles. The summed E-state index contributed by atoms with van der Waals surface area (Å²) in [6.45, 7) is 0.441. The summed E-state index contributed by atoms with van der Waals surface area (Å²) in [5.74, 6) is 0.803. The Labute approximate surface area is 131 Å². The van der Waals surface area contributed by atoms with Crippen molar-refractivity contribution in [3.63, 3.8) is 0 Å². The molecule has 0 unspecified atom stereocenters. The second-order valence-corrected chi connectivity index (χ2v) is 5.95. The third kappa shape index (κ3) is 3.00. The van der Waals surface area contributed by atoms with E-state index in [0.717, 1.165) is 32.4 Å². The number of ether oxygens (including phenoxy) is 1. The summed E-state index contributed by atoms with van der Waals surface area (Å²) in [6.07, 6.45) is 0. The standard InChI is InChI=1S/C15H14ClN3OS/c1-20-11-3-4-12-13(7-11)19-15(18-12)21-14-5-2-10(16)6-9(14)8-17/h2-7H,8,17H2,1H3,(H,18,19). The molecule has 0 radical (unpaired) electrons. The topological polar surface area (TPSA) is 63.9 Å². The second kappa shape index (κ2) is 5.97. The van der Waals surface area contributed by atoms with Crippen LogP contribution < -0.4 is 10.5 Å². The zero-order chi connectivity index (χ0) is 14.8. The maximum Gasteiger partial charge on any atom is 0.171 e. The molecule has 1 heterocycles. The largest absolute Gasteiger partial charge is 0.497 e. The van der Waals surface area contributed by atoms with E-state index < -0.39 is 0 Å². The Balaban J connectivity index is 1.94. The van der Waals surface area contributed by atoms with E-state index in [4.69, 9.17) is 22.1 Å². The Morgan fingerprint density at radius 3 is 2.90 bits per heavy atom. The smallest absolute Gasteiger partial charge is 0.171 e. The number of methoxy groups -OCH3 is 1. The normalized spacial score (nSPS) is 11.0. The Hall–Kier alpha value is -1.69. The van der Waals surface area contributed by atoms with Gasteiger partial charge in [0.1, 0.15) is 5.75 Å². The van der Waals surface area contributed by atoms with Crippen LogP contribution in [0.4, 0.5) is 0 Å². The molecule has 4 nitrogen and oxygen atoms in total. The third-order valence-corrected chi connectivity index (χ3v) is 4.36. The minimum absolute atomic E-state index is 0.441. The van der Waals surface area contributed by atoms with Crippen molar-refractivity contribution >= 4 is 34.4 Å². The molecule has 0 amide bonds. The molecule has 21 heavy (non-hydrogen) atoms. The quantitative estimate of drug-likeness (QED) is 0.767. The van der Waals surface area contributed by atoms with Crippen molar-refractivity contribution in [3.8, 4) is 5.75 Å². The molecule has 6 heteroatoms. The number of aromatic nitrogens is 2. The zero-order valence-corrected chi connectivity index (χ0v) is 13.0. The Morgan fingerprint density at radius 1 is 1.29 bits per heavy atom. The molecule has 108 valence electrons. The minimum atomic E-state index is 0.441. The predicted molar refractivity (Wildman–Crippen MR) is 86.1 cm³/mol. The van der Waals surface area contributed by atoms with E-state index in [1.54, 1.807) is 18.9 Å². The summed E-state index contributed by atoms with van der Waals surface area (Å²) in [5, 5.41) is 1.50. The molecule has 3 aromatic rings. The zero-order valence-electron chi connectivity index (χ0n) is 11.4.